The molecule has 0 aromatic carbocycles. The molecule has 0 aliphatic carbocycles. The highest BCUT2D eigenvalue weighted by atomic mass is 16.1. The lowest BCUT2D eigenvalue weighted by Gasteiger charge is -2.22. The van der Waals surface area contributed by atoms with Gasteiger partial charge >= 0.3 is 0 Å². The van der Waals surface area contributed by atoms with Crippen molar-refractivity contribution < 1.29 is 4.79 Å². The first kappa shape index (κ1) is 11.8. The topological polar surface area (TPSA) is 57.8 Å². The Morgan fingerprint density at radius 3 is 2.67 bits per heavy atom. The van der Waals surface area contributed by atoms with Gasteiger partial charge in [0.15, 0.2) is 0 Å². The number of H-pyrrole nitrogens is 1. The van der Waals surface area contributed by atoms with Crippen molar-refractivity contribution in [2.75, 3.05) is 0 Å². The Kier molecular flexibility index (Phi) is 4.34. The van der Waals surface area contributed by atoms with E-state index >= 15 is 0 Å². The van der Waals surface area contributed by atoms with Crippen molar-refractivity contribution in [2.45, 2.75) is 39.7 Å². The fourth-order valence-corrected chi connectivity index (χ4v) is 1.78. The number of nitrogens with one attached hydrogen (secondary N) is 2. The van der Waals surface area contributed by atoms with Crippen LogP contribution in [0, 0.1) is 5.92 Å². The number of amides is 1. The molecule has 1 rings (SSSR count). The fraction of sp³-hybridized carbons (Fsp3) is 0.636. The normalized spacial score (nSPS) is 12.8. The Morgan fingerprint density at radius 2 is 2.20 bits per heavy atom. The van der Waals surface area contributed by atoms with Crippen LogP contribution in [0.15, 0.2) is 12.4 Å². The molecule has 15 heavy (non-hydrogen) atoms. The number of rotatable bonds is 5. The third-order valence-corrected chi connectivity index (χ3v) is 2.88. The SMILES string of the molecule is CCC(CC)C(C)NC(=O)c1cn[nH]c1. The van der Waals surface area contributed by atoms with Gasteiger partial charge in [-0.25, -0.2) is 0 Å². The van der Waals surface area contributed by atoms with Crippen LogP contribution in [0.4, 0.5) is 0 Å². The van der Waals surface area contributed by atoms with Gasteiger partial charge in [0, 0.05) is 12.2 Å². The molecule has 0 radical (unpaired) electrons. The maximum absolute atomic E-state index is 11.7. The van der Waals surface area contributed by atoms with E-state index in [1.54, 1.807) is 6.20 Å². The average molecular weight is 209 g/mol. The van der Waals surface area contributed by atoms with Crippen LogP contribution in [0.25, 0.3) is 0 Å². The number of carbonyl (C=O) groups is 1. The summed E-state index contributed by atoms with van der Waals surface area (Å²) in [6.45, 7) is 6.35. The second-order valence-electron chi connectivity index (χ2n) is 3.83. The Bertz CT molecular complexity index is 291. The minimum Gasteiger partial charge on any atom is -0.349 e. The van der Waals surface area contributed by atoms with E-state index in [9.17, 15) is 4.79 Å². The van der Waals surface area contributed by atoms with E-state index < -0.39 is 0 Å². The summed E-state index contributed by atoms with van der Waals surface area (Å²) in [5, 5.41) is 9.37. The zero-order chi connectivity index (χ0) is 11.3. The first-order valence-electron chi connectivity index (χ1n) is 5.48. The van der Waals surface area contributed by atoms with Crippen LogP contribution in [-0.4, -0.2) is 22.1 Å². The monoisotopic (exact) mass is 209 g/mol. The number of aromatic amines is 1. The molecule has 1 aromatic heterocycles. The number of carbonyl (C=O) groups excluding carboxylic acids is 1. The lowest BCUT2D eigenvalue weighted by molar-refractivity contribution is 0.0925. The molecule has 0 aliphatic rings. The molecule has 0 bridgehead atoms. The Morgan fingerprint density at radius 1 is 1.53 bits per heavy atom. The first-order valence-corrected chi connectivity index (χ1v) is 5.48. The summed E-state index contributed by atoms with van der Waals surface area (Å²) in [5.41, 5.74) is 0.591. The highest BCUT2D eigenvalue weighted by Gasteiger charge is 2.16. The lowest BCUT2D eigenvalue weighted by Crippen LogP contribution is -2.37. The second-order valence-corrected chi connectivity index (χ2v) is 3.83. The summed E-state index contributed by atoms with van der Waals surface area (Å²) in [5.74, 6) is 0.490. The van der Waals surface area contributed by atoms with Crippen LogP contribution >= 0.6 is 0 Å². The van der Waals surface area contributed by atoms with Crippen LogP contribution in [0.5, 0.6) is 0 Å². The molecular weight excluding hydrogens is 190 g/mol. The molecule has 0 spiro atoms. The summed E-state index contributed by atoms with van der Waals surface area (Å²) in [6.07, 6.45) is 5.32. The van der Waals surface area contributed by atoms with E-state index in [2.05, 4.69) is 36.3 Å². The maximum atomic E-state index is 11.7. The summed E-state index contributed by atoms with van der Waals surface area (Å²) < 4.78 is 0. The quantitative estimate of drug-likeness (QED) is 0.778. The molecule has 2 N–H and O–H groups in total. The predicted molar refractivity (Wildman–Crippen MR) is 59.6 cm³/mol. The molecule has 1 heterocycles. The highest BCUT2D eigenvalue weighted by Crippen LogP contribution is 2.12. The zero-order valence-electron chi connectivity index (χ0n) is 9.58. The van der Waals surface area contributed by atoms with Crippen molar-refractivity contribution in [3.8, 4) is 0 Å². The van der Waals surface area contributed by atoms with Crippen LogP contribution in [-0.2, 0) is 0 Å². The molecule has 0 fully saturated rings. The molecule has 1 amide bonds. The van der Waals surface area contributed by atoms with E-state index in [1.165, 1.54) is 6.20 Å². The molecule has 0 saturated carbocycles. The molecule has 0 saturated heterocycles. The van der Waals surface area contributed by atoms with Crippen LogP contribution < -0.4 is 5.32 Å². The van der Waals surface area contributed by atoms with Gasteiger partial charge in [-0.15, -0.1) is 0 Å². The van der Waals surface area contributed by atoms with Gasteiger partial charge in [0.25, 0.3) is 5.91 Å². The highest BCUT2D eigenvalue weighted by molar-refractivity contribution is 5.93. The number of nitrogens with zero attached hydrogens (tertiary/aromatic N) is 1. The van der Waals surface area contributed by atoms with Crippen molar-refractivity contribution in [3.05, 3.63) is 18.0 Å². The summed E-state index contributed by atoms with van der Waals surface area (Å²) in [6, 6.07) is 0.211. The lowest BCUT2D eigenvalue weighted by atomic mass is 9.95. The molecule has 84 valence electrons. The van der Waals surface area contributed by atoms with Gasteiger partial charge in [-0.3, -0.25) is 9.89 Å². The number of aromatic nitrogens is 2. The van der Waals surface area contributed by atoms with Gasteiger partial charge in [-0.05, 0) is 12.8 Å². The van der Waals surface area contributed by atoms with Gasteiger partial charge in [0.1, 0.15) is 0 Å². The number of hydrogen-bond acceptors (Lipinski definition) is 2. The maximum Gasteiger partial charge on any atom is 0.254 e. The molecule has 1 unspecified atom stereocenters. The summed E-state index contributed by atoms with van der Waals surface area (Å²) in [4.78, 5) is 11.7. The van der Waals surface area contributed by atoms with Crippen molar-refractivity contribution in [1.29, 1.82) is 0 Å². The first-order chi connectivity index (χ1) is 7.19. The van der Waals surface area contributed by atoms with E-state index in [0.717, 1.165) is 12.8 Å². The van der Waals surface area contributed by atoms with Crippen molar-refractivity contribution >= 4 is 5.91 Å². The van der Waals surface area contributed by atoms with Gasteiger partial charge in [-0.2, -0.15) is 5.10 Å². The predicted octanol–water partition coefficient (Wildman–Crippen LogP) is 1.96. The van der Waals surface area contributed by atoms with Crippen LogP contribution in [0.2, 0.25) is 0 Å². The van der Waals surface area contributed by atoms with Crippen molar-refractivity contribution in [2.24, 2.45) is 5.92 Å². The number of hydrogen-bond donors (Lipinski definition) is 2. The second kappa shape index (κ2) is 5.53. The molecular formula is C11H19N3O. The van der Waals surface area contributed by atoms with E-state index in [4.69, 9.17) is 0 Å². The minimum atomic E-state index is -0.0526. The van der Waals surface area contributed by atoms with Gasteiger partial charge < -0.3 is 5.32 Å². The van der Waals surface area contributed by atoms with Crippen molar-refractivity contribution in [1.82, 2.24) is 15.5 Å². The average Bonchev–Trinajstić information content (AvgIpc) is 2.72. The largest absolute Gasteiger partial charge is 0.349 e. The molecule has 0 aliphatic heterocycles. The van der Waals surface area contributed by atoms with E-state index in [0.29, 0.717) is 11.5 Å². The van der Waals surface area contributed by atoms with Crippen molar-refractivity contribution in [3.63, 3.8) is 0 Å². The third kappa shape index (κ3) is 3.08. The Labute approximate surface area is 90.5 Å². The Hall–Kier alpha value is -1.32. The Balaban J connectivity index is 2.51. The standard InChI is InChI=1S/C11H19N3O/c1-4-9(5-2)8(3)14-11(15)10-6-12-13-7-10/h6-9H,4-5H2,1-3H3,(H,12,13)(H,14,15). The summed E-state index contributed by atoms with van der Waals surface area (Å²) in [7, 11) is 0. The fourth-order valence-electron chi connectivity index (χ4n) is 1.78. The molecule has 4 nitrogen and oxygen atoms in total. The van der Waals surface area contributed by atoms with E-state index in [1.807, 2.05) is 0 Å². The van der Waals surface area contributed by atoms with Crippen LogP contribution in [0.1, 0.15) is 44.0 Å². The molecule has 1 aromatic rings. The van der Waals surface area contributed by atoms with Gasteiger partial charge in [-0.1, -0.05) is 26.7 Å². The summed E-state index contributed by atoms with van der Waals surface area (Å²) >= 11 is 0. The smallest absolute Gasteiger partial charge is 0.254 e. The van der Waals surface area contributed by atoms with Gasteiger partial charge in [0.2, 0.25) is 0 Å². The molecule has 4 heteroatoms. The van der Waals surface area contributed by atoms with E-state index in [-0.39, 0.29) is 11.9 Å². The van der Waals surface area contributed by atoms with Crippen LogP contribution in [0.3, 0.4) is 0 Å². The third-order valence-electron chi connectivity index (χ3n) is 2.88. The minimum absolute atomic E-state index is 0.0526. The zero-order valence-corrected chi connectivity index (χ0v) is 9.58. The molecule has 1 atom stereocenters. The van der Waals surface area contributed by atoms with Gasteiger partial charge in [0.05, 0.1) is 11.8 Å².